The molecule has 2 aromatic rings. The molecule has 1 aliphatic heterocycles. The number of nitrogens with zero attached hydrogens (tertiary/aromatic N) is 3. The van der Waals surface area contributed by atoms with E-state index in [0.717, 1.165) is 18.7 Å². The van der Waals surface area contributed by atoms with Crippen molar-refractivity contribution in [2.45, 2.75) is 13.0 Å². The third-order valence-corrected chi connectivity index (χ3v) is 4.80. The molecular weight excluding hydrogens is 376 g/mol. The highest BCUT2D eigenvalue weighted by Gasteiger charge is 2.25. The molecular formula is C20H26N4O5. The van der Waals surface area contributed by atoms with E-state index in [2.05, 4.69) is 15.2 Å². The van der Waals surface area contributed by atoms with Crippen molar-refractivity contribution in [2.24, 2.45) is 0 Å². The molecule has 1 aromatic carbocycles. The molecule has 0 spiro atoms. The molecule has 0 amide bonds. The summed E-state index contributed by atoms with van der Waals surface area (Å²) in [5, 5.41) is 14.4. The molecule has 0 radical (unpaired) electrons. The van der Waals surface area contributed by atoms with Crippen LogP contribution in [0.4, 0.5) is 11.5 Å². The van der Waals surface area contributed by atoms with Gasteiger partial charge in [-0.05, 0) is 30.7 Å². The SMILES string of the molecule is CCOc1ccc(C(CNc2ncccc2[N+](=O)[O-])N2CCOCC2)cc1OC. The summed E-state index contributed by atoms with van der Waals surface area (Å²) in [7, 11) is 1.61. The van der Waals surface area contributed by atoms with Gasteiger partial charge in [0.25, 0.3) is 0 Å². The van der Waals surface area contributed by atoms with Crippen molar-refractivity contribution in [3.63, 3.8) is 0 Å². The van der Waals surface area contributed by atoms with Gasteiger partial charge in [-0.1, -0.05) is 6.07 Å². The third kappa shape index (κ3) is 5.12. The van der Waals surface area contributed by atoms with Gasteiger partial charge in [0.15, 0.2) is 11.5 Å². The largest absolute Gasteiger partial charge is 0.493 e. The number of ether oxygens (including phenoxy) is 3. The Morgan fingerprint density at radius 2 is 2.10 bits per heavy atom. The smallest absolute Gasteiger partial charge is 0.311 e. The predicted octanol–water partition coefficient (Wildman–Crippen LogP) is 2.88. The lowest BCUT2D eigenvalue weighted by Gasteiger charge is -2.35. The molecule has 1 unspecified atom stereocenters. The Balaban J connectivity index is 1.86. The maximum atomic E-state index is 11.3. The van der Waals surface area contributed by atoms with Gasteiger partial charge in [0, 0.05) is 31.9 Å². The zero-order valence-electron chi connectivity index (χ0n) is 16.7. The van der Waals surface area contributed by atoms with Gasteiger partial charge >= 0.3 is 5.69 Å². The summed E-state index contributed by atoms with van der Waals surface area (Å²) in [5.74, 6) is 1.60. The number of benzene rings is 1. The second kappa shape index (κ2) is 10.0. The summed E-state index contributed by atoms with van der Waals surface area (Å²) in [4.78, 5) is 17.3. The Bertz CT molecular complexity index is 826. The lowest BCUT2D eigenvalue weighted by Crippen LogP contribution is -2.41. The van der Waals surface area contributed by atoms with Crippen molar-refractivity contribution < 1.29 is 19.1 Å². The van der Waals surface area contributed by atoms with Crippen LogP contribution in [0.15, 0.2) is 36.5 Å². The molecule has 0 saturated carbocycles. The van der Waals surface area contributed by atoms with E-state index in [1.807, 2.05) is 25.1 Å². The quantitative estimate of drug-likeness (QED) is 0.505. The summed E-state index contributed by atoms with van der Waals surface area (Å²) in [6.45, 7) is 5.76. The van der Waals surface area contributed by atoms with Crippen LogP contribution in [0.3, 0.4) is 0 Å². The Labute approximate surface area is 169 Å². The topological polar surface area (TPSA) is 99.0 Å². The number of anilines is 1. The zero-order valence-corrected chi connectivity index (χ0v) is 16.7. The maximum Gasteiger partial charge on any atom is 0.311 e. The predicted molar refractivity (Wildman–Crippen MR) is 109 cm³/mol. The van der Waals surface area contributed by atoms with Crippen molar-refractivity contribution >= 4 is 11.5 Å². The first-order valence-electron chi connectivity index (χ1n) is 9.59. The molecule has 1 N–H and O–H groups in total. The lowest BCUT2D eigenvalue weighted by molar-refractivity contribution is -0.384. The number of methoxy groups -OCH3 is 1. The second-order valence-corrected chi connectivity index (χ2v) is 6.52. The monoisotopic (exact) mass is 402 g/mol. The van der Waals surface area contributed by atoms with Crippen molar-refractivity contribution in [3.05, 3.63) is 52.2 Å². The average Bonchev–Trinajstić information content (AvgIpc) is 2.76. The number of rotatable bonds is 9. The third-order valence-electron chi connectivity index (χ3n) is 4.80. The van der Waals surface area contributed by atoms with Gasteiger partial charge in [0.05, 0.1) is 37.9 Å². The Hall–Kier alpha value is -2.91. The zero-order chi connectivity index (χ0) is 20.6. The van der Waals surface area contributed by atoms with Crippen molar-refractivity contribution in [3.8, 4) is 11.5 Å². The van der Waals surface area contributed by atoms with Gasteiger partial charge in [-0.2, -0.15) is 0 Å². The molecule has 9 heteroatoms. The summed E-state index contributed by atoms with van der Waals surface area (Å²) in [5.41, 5.74) is 0.982. The van der Waals surface area contributed by atoms with E-state index in [4.69, 9.17) is 14.2 Å². The fraction of sp³-hybridized carbons (Fsp3) is 0.450. The number of morpholine rings is 1. The van der Waals surface area contributed by atoms with Crippen LogP contribution in [-0.4, -0.2) is 61.4 Å². The van der Waals surface area contributed by atoms with Gasteiger partial charge in [-0.15, -0.1) is 0 Å². The van der Waals surface area contributed by atoms with E-state index >= 15 is 0 Å². The highest BCUT2D eigenvalue weighted by Crippen LogP contribution is 2.33. The Morgan fingerprint density at radius 3 is 2.79 bits per heavy atom. The normalized spacial score (nSPS) is 15.5. The van der Waals surface area contributed by atoms with Crippen LogP contribution >= 0.6 is 0 Å². The Morgan fingerprint density at radius 1 is 1.31 bits per heavy atom. The van der Waals surface area contributed by atoms with E-state index in [1.54, 1.807) is 19.4 Å². The van der Waals surface area contributed by atoms with E-state index in [-0.39, 0.29) is 17.5 Å². The molecule has 1 saturated heterocycles. The van der Waals surface area contributed by atoms with Crippen LogP contribution in [0, 0.1) is 10.1 Å². The summed E-state index contributed by atoms with van der Waals surface area (Å²) in [6.07, 6.45) is 1.54. The lowest BCUT2D eigenvalue weighted by atomic mass is 10.0. The molecule has 1 aliphatic rings. The first kappa shape index (κ1) is 20.8. The van der Waals surface area contributed by atoms with Gasteiger partial charge in [0.2, 0.25) is 5.82 Å². The molecule has 0 bridgehead atoms. The number of aromatic nitrogens is 1. The molecule has 1 aromatic heterocycles. The second-order valence-electron chi connectivity index (χ2n) is 6.52. The highest BCUT2D eigenvalue weighted by molar-refractivity contribution is 5.55. The van der Waals surface area contributed by atoms with Crippen LogP contribution in [0.1, 0.15) is 18.5 Å². The molecule has 1 fully saturated rings. The first-order chi connectivity index (χ1) is 14.1. The van der Waals surface area contributed by atoms with Gasteiger partial charge in [0.1, 0.15) is 0 Å². The van der Waals surface area contributed by atoms with E-state index in [1.165, 1.54) is 6.07 Å². The van der Waals surface area contributed by atoms with Gasteiger partial charge in [-0.3, -0.25) is 15.0 Å². The Kier molecular flexibility index (Phi) is 7.20. The molecule has 3 rings (SSSR count). The fourth-order valence-electron chi connectivity index (χ4n) is 3.39. The van der Waals surface area contributed by atoms with Crippen molar-refractivity contribution in [1.29, 1.82) is 0 Å². The van der Waals surface area contributed by atoms with Gasteiger partial charge < -0.3 is 19.5 Å². The van der Waals surface area contributed by atoms with Crippen LogP contribution in [0.25, 0.3) is 0 Å². The van der Waals surface area contributed by atoms with Crippen LogP contribution in [-0.2, 0) is 4.74 Å². The number of nitrogens with one attached hydrogen (secondary N) is 1. The first-order valence-corrected chi connectivity index (χ1v) is 9.59. The van der Waals surface area contributed by atoms with Crippen LogP contribution < -0.4 is 14.8 Å². The van der Waals surface area contributed by atoms with E-state index < -0.39 is 4.92 Å². The van der Waals surface area contributed by atoms with Crippen molar-refractivity contribution in [2.75, 3.05) is 51.9 Å². The standard InChI is InChI=1S/C20H26N4O5/c1-3-29-18-7-6-15(13-19(18)27-2)17(23-9-11-28-12-10-23)14-22-20-16(24(25)26)5-4-8-21-20/h4-8,13,17H,3,9-12,14H2,1-2H3,(H,21,22). The summed E-state index contributed by atoms with van der Waals surface area (Å²) >= 11 is 0. The van der Waals surface area contributed by atoms with Crippen molar-refractivity contribution in [1.82, 2.24) is 9.88 Å². The molecule has 0 aliphatic carbocycles. The minimum atomic E-state index is -0.432. The number of hydrogen-bond acceptors (Lipinski definition) is 8. The number of pyridine rings is 1. The molecule has 156 valence electrons. The molecule has 9 nitrogen and oxygen atoms in total. The number of nitro groups is 1. The molecule has 1 atom stereocenters. The average molecular weight is 402 g/mol. The molecule has 29 heavy (non-hydrogen) atoms. The van der Waals surface area contributed by atoms with Crippen LogP contribution in [0.5, 0.6) is 11.5 Å². The number of hydrogen-bond donors (Lipinski definition) is 1. The van der Waals surface area contributed by atoms with E-state index in [0.29, 0.717) is 37.9 Å². The van der Waals surface area contributed by atoms with E-state index in [9.17, 15) is 10.1 Å². The minimum absolute atomic E-state index is 0.0370. The summed E-state index contributed by atoms with van der Waals surface area (Å²) < 4.78 is 16.6. The fourth-order valence-corrected chi connectivity index (χ4v) is 3.39. The van der Waals surface area contributed by atoms with Gasteiger partial charge in [-0.25, -0.2) is 4.98 Å². The maximum absolute atomic E-state index is 11.3. The molecule has 2 heterocycles. The summed E-state index contributed by atoms with van der Waals surface area (Å²) in [6, 6.07) is 8.82. The highest BCUT2D eigenvalue weighted by atomic mass is 16.6. The van der Waals surface area contributed by atoms with Crippen LogP contribution in [0.2, 0.25) is 0 Å². The minimum Gasteiger partial charge on any atom is -0.493 e.